The van der Waals surface area contributed by atoms with Gasteiger partial charge in [0.15, 0.2) is 35.0 Å². The predicted molar refractivity (Wildman–Crippen MR) is 93.5 cm³/mol. The van der Waals surface area contributed by atoms with Crippen molar-refractivity contribution in [1.29, 1.82) is 0 Å². The molecule has 0 aromatic rings. The fourth-order valence-electron chi connectivity index (χ4n) is 3.33. The summed E-state index contributed by atoms with van der Waals surface area (Å²) >= 11 is 5.54. The van der Waals surface area contributed by atoms with Crippen LogP contribution in [0.2, 0.25) is 0 Å². The van der Waals surface area contributed by atoms with Crippen LogP contribution < -0.4 is 0 Å². The van der Waals surface area contributed by atoms with Gasteiger partial charge in [0, 0.05) is 5.88 Å². The monoisotopic (exact) mass is 424 g/mol. The quantitative estimate of drug-likeness (QED) is 0.246. The number of carbonyl (C=O) groups is 4. The van der Waals surface area contributed by atoms with Crippen LogP contribution in [0.5, 0.6) is 0 Å². The van der Waals surface area contributed by atoms with Crippen LogP contribution in [-0.4, -0.2) is 91.3 Å². The van der Waals surface area contributed by atoms with Gasteiger partial charge in [0.2, 0.25) is 11.2 Å². The number of aliphatic hydroxyl groups is 4. The molecule has 10 nitrogen and oxygen atoms in total. The van der Waals surface area contributed by atoms with Gasteiger partial charge in [0.25, 0.3) is 0 Å². The van der Waals surface area contributed by atoms with E-state index in [2.05, 4.69) is 0 Å². The summed E-state index contributed by atoms with van der Waals surface area (Å²) in [5.41, 5.74) is -10.0. The van der Waals surface area contributed by atoms with Gasteiger partial charge in [-0.2, -0.15) is 0 Å². The van der Waals surface area contributed by atoms with Crippen molar-refractivity contribution in [3.63, 3.8) is 0 Å². The Morgan fingerprint density at radius 1 is 1.00 bits per heavy atom. The zero-order chi connectivity index (χ0) is 22.1. The molecule has 0 saturated carbocycles. The highest BCUT2D eigenvalue weighted by molar-refractivity contribution is 6.17. The van der Waals surface area contributed by atoms with Crippen LogP contribution in [0, 0.1) is 0 Å². The number of ketones is 4. The van der Waals surface area contributed by atoms with Gasteiger partial charge >= 0.3 is 0 Å². The van der Waals surface area contributed by atoms with Crippen LogP contribution in [-0.2, 0) is 28.7 Å². The van der Waals surface area contributed by atoms with Crippen LogP contribution in [0.3, 0.4) is 0 Å². The smallest absolute Gasteiger partial charge is 0.213 e. The molecule has 0 aromatic carbocycles. The third kappa shape index (κ3) is 3.43. The Hall–Kier alpha value is -1.27. The van der Waals surface area contributed by atoms with Gasteiger partial charge in [0.1, 0.15) is 12.2 Å². The minimum Gasteiger partial charge on any atom is -0.382 e. The van der Waals surface area contributed by atoms with E-state index in [4.69, 9.17) is 21.1 Å². The van der Waals surface area contributed by atoms with E-state index in [1.54, 1.807) is 0 Å². The highest BCUT2D eigenvalue weighted by atomic mass is 35.5. The van der Waals surface area contributed by atoms with Crippen molar-refractivity contribution in [3.8, 4) is 0 Å². The number of rotatable bonds is 9. The molecule has 0 aliphatic carbocycles. The average molecular weight is 425 g/mol. The molecule has 1 aliphatic heterocycles. The van der Waals surface area contributed by atoms with Crippen molar-refractivity contribution in [3.05, 3.63) is 0 Å². The fourth-order valence-corrected chi connectivity index (χ4v) is 3.44. The number of aliphatic hydroxyl groups excluding tert-OH is 1. The number of hydrogen-bond donors (Lipinski definition) is 4. The molecule has 1 fully saturated rings. The van der Waals surface area contributed by atoms with Gasteiger partial charge in [-0.25, -0.2) is 0 Å². The number of Topliss-reactive ketones (excluding diaryl/α,β-unsaturated/α-hetero) is 4. The number of alkyl halides is 1. The van der Waals surface area contributed by atoms with E-state index in [1.807, 2.05) is 0 Å². The van der Waals surface area contributed by atoms with Crippen molar-refractivity contribution in [2.75, 3.05) is 12.5 Å². The zero-order valence-electron chi connectivity index (χ0n) is 16.0. The standard InChI is InChI=1S/C17H25ClO10/c1-8(19)12(23)13-15(24,9(2)20)17(26,11(4)22)16(25,10(3)21)14(28-13)27-7-5-6-18/h12-14,23-26H,5-7H2,1-4H3/t12?,13-,14+,15-,16+,17+/m1/s1. The Balaban J connectivity index is 3.80. The minimum absolute atomic E-state index is 0.124. The van der Waals surface area contributed by atoms with E-state index >= 15 is 0 Å². The molecule has 1 rings (SSSR count). The third-order valence-electron chi connectivity index (χ3n) is 4.96. The zero-order valence-corrected chi connectivity index (χ0v) is 16.7. The maximum absolute atomic E-state index is 12.4. The molecule has 0 radical (unpaired) electrons. The molecule has 0 spiro atoms. The molecular formula is C17H25ClO10. The molecule has 1 unspecified atom stereocenters. The Labute approximate surface area is 166 Å². The molecule has 11 heteroatoms. The molecule has 160 valence electrons. The van der Waals surface area contributed by atoms with Gasteiger partial charge in [-0.3, -0.25) is 19.2 Å². The van der Waals surface area contributed by atoms with Crippen molar-refractivity contribution < 1.29 is 49.1 Å². The lowest BCUT2D eigenvalue weighted by molar-refractivity contribution is -0.372. The van der Waals surface area contributed by atoms with E-state index in [0.717, 1.165) is 27.7 Å². The average Bonchev–Trinajstić information content (AvgIpc) is 2.60. The molecule has 6 atom stereocenters. The van der Waals surface area contributed by atoms with Crippen LogP contribution in [0.15, 0.2) is 0 Å². The first-order chi connectivity index (χ1) is 12.7. The summed E-state index contributed by atoms with van der Waals surface area (Å²) in [5, 5.41) is 43.4. The van der Waals surface area contributed by atoms with Crippen molar-refractivity contribution in [2.24, 2.45) is 0 Å². The number of halogens is 1. The van der Waals surface area contributed by atoms with E-state index < -0.39 is 58.4 Å². The summed E-state index contributed by atoms with van der Waals surface area (Å²) in [5.74, 6) is -4.80. The summed E-state index contributed by atoms with van der Waals surface area (Å²) in [4.78, 5) is 48.7. The lowest BCUT2D eigenvalue weighted by atomic mass is 9.60. The van der Waals surface area contributed by atoms with E-state index in [0.29, 0.717) is 0 Å². The van der Waals surface area contributed by atoms with Gasteiger partial charge in [-0.1, -0.05) is 0 Å². The lowest BCUT2D eigenvalue weighted by Crippen LogP contribution is -2.87. The molecule has 28 heavy (non-hydrogen) atoms. The molecule has 0 aromatic heterocycles. The van der Waals surface area contributed by atoms with E-state index in [9.17, 15) is 39.6 Å². The highest BCUT2D eigenvalue weighted by Crippen LogP contribution is 2.47. The van der Waals surface area contributed by atoms with Crippen LogP contribution in [0.1, 0.15) is 34.1 Å². The molecule has 1 aliphatic rings. The minimum atomic E-state index is -3.48. The highest BCUT2D eigenvalue weighted by Gasteiger charge is 2.79. The van der Waals surface area contributed by atoms with Crippen LogP contribution in [0.25, 0.3) is 0 Å². The summed E-state index contributed by atoms with van der Waals surface area (Å²) in [7, 11) is 0. The molecule has 1 heterocycles. The molecule has 0 bridgehead atoms. The van der Waals surface area contributed by atoms with Gasteiger partial charge in [-0.05, 0) is 34.1 Å². The Morgan fingerprint density at radius 2 is 1.50 bits per heavy atom. The second kappa shape index (κ2) is 8.62. The summed E-state index contributed by atoms with van der Waals surface area (Å²) < 4.78 is 10.5. The van der Waals surface area contributed by atoms with Crippen LogP contribution in [0.4, 0.5) is 0 Å². The number of ether oxygens (including phenoxy) is 2. The largest absolute Gasteiger partial charge is 0.382 e. The van der Waals surface area contributed by atoms with E-state index in [-0.39, 0.29) is 18.9 Å². The van der Waals surface area contributed by atoms with E-state index in [1.165, 1.54) is 0 Å². The van der Waals surface area contributed by atoms with Gasteiger partial charge < -0.3 is 29.9 Å². The van der Waals surface area contributed by atoms with Gasteiger partial charge in [0.05, 0.1) is 6.61 Å². The fraction of sp³-hybridized carbons (Fsp3) is 0.765. The van der Waals surface area contributed by atoms with Crippen molar-refractivity contribution in [2.45, 2.75) is 69.4 Å². The predicted octanol–water partition coefficient (Wildman–Crippen LogP) is -1.73. The summed E-state index contributed by atoms with van der Waals surface area (Å²) in [6, 6.07) is 0. The lowest BCUT2D eigenvalue weighted by Gasteiger charge is -2.57. The Kier molecular flexibility index (Phi) is 7.62. The summed E-state index contributed by atoms with van der Waals surface area (Å²) in [6.07, 6.45) is -6.28. The maximum atomic E-state index is 12.4. The third-order valence-corrected chi connectivity index (χ3v) is 5.23. The normalized spacial score (nSPS) is 36.6. The molecule has 0 amide bonds. The second-order valence-electron chi connectivity index (χ2n) is 6.77. The first kappa shape index (κ1) is 24.8. The Morgan fingerprint density at radius 3 is 1.86 bits per heavy atom. The van der Waals surface area contributed by atoms with Gasteiger partial charge in [-0.15, -0.1) is 11.6 Å². The molecule has 4 N–H and O–H groups in total. The maximum Gasteiger partial charge on any atom is 0.213 e. The molecule has 1 saturated heterocycles. The first-order valence-electron chi connectivity index (χ1n) is 8.46. The first-order valence-corrected chi connectivity index (χ1v) is 8.99. The molecular weight excluding hydrogens is 400 g/mol. The van der Waals surface area contributed by atoms with Crippen LogP contribution >= 0.6 is 11.6 Å². The number of hydrogen-bond acceptors (Lipinski definition) is 10. The second-order valence-corrected chi connectivity index (χ2v) is 7.15. The Bertz CT molecular complexity index is 666. The van der Waals surface area contributed by atoms with Crippen molar-refractivity contribution in [1.82, 2.24) is 0 Å². The number of carbonyl (C=O) groups excluding carboxylic acids is 4. The topological polar surface area (TPSA) is 168 Å². The SMILES string of the molecule is CC(=O)C(O)[C@H]1O[C@H](OCCCCl)[C@@](O)(C(C)=O)[C@](O)(C(C)=O)[C@@]1(O)C(C)=O. The summed E-state index contributed by atoms with van der Waals surface area (Å²) in [6.45, 7) is 2.96. The van der Waals surface area contributed by atoms with Crippen molar-refractivity contribution >= 4 is 34.7 Å².